The first-order valence-electron chi connectivity index (χ1n) is 13.5. The molecule has 0 saturated carbocycles. The molecule has 1 fully saturated rings. The van der Waals surface area contributed by atoms with Crippen molar-refractivity contribution in [3.63, 3.8) is 0 Å². The van der Waals surface area contributed by atoms with Crippen molar-refractivity contribution in [1.82, 2.24) is 4.90 Å². The number of likely N-dealkylation sites (tertiary alicyclic amines) is 1. The molecule has 0 aliphatic carbocycles. The van der Waals surface area contributed by atoms with Crippen molar-refractivity contribution in [3.05, 3.63) is 113 Å². The second-order valence-corrected chi connectivity index (χ2v) is 10.7. The number of ether oxygens (including phenoxy) is 1. The van der Waals surface area contributed by atoms with Gasteiger partial charge in [0.15, 0.2) is 0 Å². The fraction of sp³-hybridized carbons (Fsp3) is 0.250. The van der Waals surface area contributed by atoms with Gasteiger partial charge >= 0.3 is 12.4 Å². The molecule has 43 heavy (non-hydrogen) atoms. The van der Waals surface area contributed by atoms with Crippen LogP contribution >= 0.6 is 12.2 Å². The highest BCUT2D eigenvalue weighted by Crippen LogP contribution is 2.37. The van der Waals surface area contributed by atoms with Crippen molar-refractivity contribution >= 4 is 39.8 Å². The lowest BCUT2D eigenvalue weighted by atomic mass is 9.92. The molecule has 1 amide bonds. The lowest BCUT2D eigenvalue weighted by molar-refractivity contribution is -0.143. The Balaban J connectivity index is 1.38. The van der Waals surface area contributed by atoms with Crippen molar-refractivity contribution in [2.45, 2.75) is 43.8 Å². The zero-order chi connectivity index (χ0) is 30.8. The minimum absolute atomic E-state index is 0.0161. The van der Waals surface area contributed by atoms with E-state index in [9.17, 15) is 31.1 Å². The van der Waals surface area contributed by atoms with E-state index in [4.69, 9.17) is 17.0 Å². The van der Waals surface area contributed by atoms with Gasteiger partial charge in [-0.25, -0.2) is 0 Å². The monoisotopic (exact) mass is 616 g/mol. The normalized spacial score (nSPS) is 17.5. The summed E-state index contributed by atoms with van der Waals surface area (Å²) in [4.78, 5) is 14.9. The number of hydrogen-bond acceptors (Lipinski definition) is 3. The number of amides is 1. The first kappa shape index (κ1) is 30.3. The van der Waals surface area contributed by atoms with Crippen LogP contribution in [0, 0.1) is 0 Å². The van der Waals surface area contributed by atoms with Gasteiger partial charge in [0.2, 0.25) is 0 Å². The van der Waals surface area contributed by atoms with Gasteiger partial charge in [-0.1, -0.05) is 66.7 Å². The summed E-state index contributed by atoms with van der Waals surface area (Å²) < 4.78 is 87.0. The van der Waals surface area contributed by atoms with Crippen LogP contribution in [0.1, 0.15) is 39.9 Å². The van der Waals surface area contributed by atoms with Crippen molar-refractivity contribution in [2.75, 3.05) is 11.9 Å². The molecule has 11 heteroatoms. The quantitative estimate of drug-likeness (QED) is 0.180. The van der Waals surface area contributed by atoms with Gasteiger partial charge in [-0.2, -0.15) is 26.3 Å². The fourth-order valence-electron chi connectivity index (χ4n) is 5.34. The predicted octanol–water partition coefficient (Wildman–Crippen LogP) is 8.51. The number of alkyl halides is 6. The summed E-state index contributed by atoms with van der Waals surface area (Å²) in [5.74, 6) is -0.910. The first-order chi connectivity index (χ1) is 20.4. The minimum atomic E-state index is -5.06. The van der Waals surface area contributed by atoms with E-state index in [0.717, 1.165) is 22.0 Å². The molecule has 1 heterocycles. The van der Waals surface area contributed by atoms with E-state index >= 15 is 0 Å². The van der Waals surface area contributed by atoms with Gasteiger partial charge < -0.3 is 15.0 Å². The largest absolute Gasteiger partial charge is 0.467 e. The van der Waals surface area contributed by atoms with Crippen LogP contribution in [0.4, 0.5) is 32.0 Å². The third kappa shape index (κ3) is 7.27. The summed E-state index contributed by atoms with van der Waals surface area (Å²) in [5, 5.41) is 5.18. The molecule has 0 radical (unpaired) electrons. The average Bonchev–Trinajstić information content (AvgIpc) is 2.96. The Morgan fingerprint density at radius 1 is 0.860 bits per heavy atom. The van der Waals surface area contributed by atoms with Crippen LogP contribution < -0.4 is 5.32 Å². The highest BCUT2D eigenvalue weighted by molar-refractivity contribution is 7.80. The lowest BCUT2D eigenvalue weighted by Gasteiger charge is -2.40. The third-order valence-electron chi connectivity index (χ3n) is 7.38. The maximum atomic E-state index is 13.6. The zero-order valence-electron chi connectivity index (χ0n) is 22.6. The molecule has 224 valence electrons. The van der Waals surface area contributed by atoms with Gasteiger partial charge in [0, 0.05) is 42.1 Å². The Morgan fingerprint density at radius 2 is 1.49 bits per heavy atom. The molecule has 1 saturated heterocycles. The number of nitrogens with one attached hydrogen (secondary N) is 1. The summed E-state index contributed by atoms with van der Waals surface area (Å²) in [6.07, 6.45) is -9.70. The van der Waals surface area contributed by atoms with E-state index in [1.807, 2.05) is 72.8 Å². The third-order valence-corrected chi connectivity index (χ3v) is 7.58. The van der Waals surface area contributed by atoms with Crippen molar-refractivity contribution in [3.8, 4) is 0 Å². The Labute approximate surface area is 249 Å². The number of hydrogen-bond donors (Lipinski definition) is 1. The number of halogens is 6. The van der Waals surface area contributed by atoms with Crippen LogP contribution in [-0.2, 0) is 23.5 Å². The van der Waals surface area contributed by atoms with E-state index in [-0.39, 0.29) is 30.6 Å². The zero-order valence-corrected chi connectivity index (χ0v) is 23.4. The SMILES string of the molecule is O=C(c1cc(C(F)(F)F)cc(C(F)(F)F)c1)N1CC[C@H](OC(=S)Nc2cccc3ccccc23)C[C@H]1Cc1ccccc1. The molecule has 1 aliphatic heterocycles. The van der Waals surface area contributed by atoms with Crippen molar-refractivity contribution in [2.24, 2.45) is 0 Å². The van der Waals surface area contributed by atoms with E-state index in [2.05, 4.69) is 5.32 Å². The Morgan fingerprint density at radius 3 is 2.16 bits per heavy atom. The average molecular weight is 617 g/mol. The van der Waals surface area contributed by atoms with Crippen molar-refractivity contribution < 1.29 is 35.9 Å². The van der Waals surface area contributed by atoms with Gasteiger partial charge in [0.25, 0.3) is 11.1 Å². The lowest BCUT2D eigenvalue weighted by Crippen LogP contribution is -2.49. The number of anilines is 1. The number of rotatable bonds is 5. The van der Waals surface area contributed by atoms with E-state index < -0.39 is 47.1 Å². The number of carbonyl (C=O) groups excluding carboxylic acids is 1. The molecule has 4 aromatic carbocycles. The number of thiocarbonyl (C=S) groups is 1. The molecular weight excluding hydrogens is 590 g/mol. The number of fused-ring (bicyclic) bond motifs is 1. The number of nitrogens with zero attached hydrogens (tertiary/aromatic N) is 1. The highest BCUT2D eigenvalue weighted by atomic mass is 32.1. The minimum Gasteiger partial charge on any atom is -0.467 e. The Bertz CT molecular complexity index is 1590. The van der Waals surface area contributed by atoms with Crippen LogP contribution in [0.25, 0.3) is 10.8 Å². The van der Waals surface area contributed by atoms with Crippen LogP contribution in [0.5, 0.6) is 0 Å². The summed E-state index contributed by atoms with van der Waals surface area (Å²) >= 11 is 5.48. The van der Waals surface area contributed by atoms with Gasteiger partial charge in [-0.15, -0.1) is 0 Å². The second-order valence-electron chi connectivity index (χ2n) is 10.3. The predicted molar refractivity (Wildman–Crippen MR) is 156 cm³/mol. The van der Waals surface area contributed by atoms with Crippen LogP contribution in [-0.4, -0.2) is 34.7 Å². The topological polar surface area (TPSA) is 41.6 Å². The summed E-state index contributed by atoms with van der Waals surface area (Å²) in [6, 6.07) is 23.0. The first-order valence-corrected chi connectivity index (χ1v) is 13.9. The summed E-state index contributed by atoms with van der Waals surface area (Å²) in [6.45, 7) is 0.0511. The molecule has 1 N–H and O–H groups in total. The van der Waals surface area contributed by atoms with Gasteiger partial charge in [-0.05, 0) is 53.9 Å². The van der Waals surface area contributed by atoms with Crippen molar-refractivity contribution in [1.29, 1.82) is 0 Å². The standard InChI is InChI=1S/C32H26F6N2O2S/c33-31(34,35)23-16-22(17-24(18-23)32(36,37)38)29(41)40-14-13-26(19-25(40)15-20-7-2-1-3-8-20)42-30(43)39-28-12-6-10-21-9-4-5-11-27(21)28/h1-12,16-18,25-26H,13-15,19H2,(H,39,43)/t25-,26+/m1/s1. The maximum Gasteiger partial charge on any atom is 0.416 e. The van der Waals surface area contributed by atoms with E-state index in [1.54, 1.807) is 0 Å². The van der Waals surface area contributed by atoms with E-state index in [1.165, 1.54) is 4.90 Å². The van der Waals surface area contributed by atoms with E-state index in [0.29, 0.717) is 18.6 Å². The Kier molecular flexibility index (Phi) is 8.64. The summed E-state index contributed by atoms with van der Waals surface area (Å²) in [5.41, 5.74) is -2.14. The molecule has 0 spiro atoms. The highest BCUT2D eigenvalue weighted by Gasteiger charge is 2.39. The molecule has 0 bridgehead atoms. The molecule has 4 aromatic rings. The fourth-order valence-corrected chi connectivity index (χ4v) is 5.58. The van der Waals surface area contributed by atoms with Crippen LogP contribution in [0.15, 0.2) is 91.0 Å². The molecule has 1 aliphatic rings. The van der Waals surface area contributed by atoms with Gasteiger partial charge in [0.1, 0.15) is 6.10 Å². The molecule has 5 rings (SSSR count). The number of benzene rings is 4. The molecular formula is C32H26F6N2O2S. The van der Waals surface area contributed by atoms with Crippen LogP contribution in [0.3, 0.4) is 0 Å². The molecule has 0 aromatic heterocycles. The molecule has 0 unspecified atom stereocenters. The van der Waals surface area contributed by atoms with Crippen LogP contribution in [0.2, 0.25) is 0 Å². The number of carbonyl (C=O) groups is 1. The molecule has 2 atom stereocenters. The smallest absolute Gasteiger partial charge is 0.416 e. The second kappa shape index (κ2) is 12.2. The maximum absolute atomic E-state index is 13.6. The number of piperidine rings is 1. The summed E-state index contributed by atoms with van der Waals surface area (Å²) in [7, 11) is 0. The Hall–Kier alpha value is -4.12. The molecule has 4 nitrogen and oxygen atoms in total. The van der Waals surface area contributed by atoms with Gasteiger partial charge in [0.05, 0.1) is 11.1 Å². The van der Waals surface area contributed by atoms with Gasteiger partial charge in [-0.3, -0.25) is 4.79 Å².